The first-order valence-corrected chi connectivity index (χ1v) is 10.8. The number of halogens is 3. The van der Waals surface area contributed by atoms with Crippen molar-refractivity contribution in [1.29, 1.82) is 0 Å². The fraction of sp³-hybridized carbons (Fsp3) is 0.375. The van der Waals surface area contributed by atoms with Crippen molar-refractivity contribution in [2.24, 2.45) is 0 Å². The van der Waals surface area contributed by atoms with Gasteiger partial charge >= 0.3 is 18.2 Å². The highest BCUT2D eigenvalue weighted by atomic mass is 19.4. The van der Waals surface area contributed by atoms with Crippen LogP contribution in [0.4, 0.5) is 18.0 Å². The summed E-state index contributed by atoms with van der Waals surface area (Å²) in [4.78, 5) is 35.4. The first-order chi connectivity index (χ1) is 16.1. The molecule has 2 aromatic carbocycles. The molecule has 1 aliphatic carbocycles. The Morgan fingerprint density at radius 1 is 1.00 bits per heavy atom. The Morgan fingerprint density at radius 3 is 2.06 bits per heavy atom. The second-order valence-corrected chi connectivity index (χ2v) is 7.97. The summed E-state index contributed by atoms with van der Waals surface area (Å²) >= 11 is 0. The zero-order valence-corrected chi connectivity index (χ0v) is 18.4. The third-order valence-corrected chi connectivity index (χ3v) is 5.72. The standard InChI is InChI=1S/C24H25F3N2O5/c1-2-19(22(32)29-20(24(25,26)27)11-12-21(30)31)28-23(33)34-13-18-16-9-5-3-7-14(16)15-8-4-6-10-17(15)18/h3-10,18-20H,2,11-13H2,1H3,(H,28,33)(H,29,32)(H,30,31)/t19-,20+/m1/s1. The molecule has 0 aliphatic heterocycles. The Balaban J connectivity index is 1.61. The predicted octanol–water partition coefficient (Wildman–Crippen LogP) is 4.22. The topological polar surface area (TPSA) is 105 Å². The van der Waals surface area contributed by atoms with E-state index in [-0.39, 0.29) is 18.9 Å². The lowest BCUT2D eigenvalue weighted by Crippen LogP contribution is -2.53. The van der Waals surface area contributed by atoms with Crippen LogP contribution in [0.3, 0.4) is 0 Å². The van der Waals surface area contributed by atoms with Gasteiger partial charge in [0.25, 0.3) is 0 Å². The quantitative estimate of drug-likeness (QED) is 0.501. The Kier molecular flexibility index (Phi) is 7.80. The van der Waals surface area contributed by atoms with Crippen molar-refractivity contribution in [1.82, 2.24) is 10.6 Å². The number of alkyl carbamates (subject to hydrolysis) is 1. The molecule has 0 unspecified atom stereocenters. The van der Waals surface area contributed by atoms with E-state index in [1.54, 1.807) is 5.32 Å². The number of benzene rings is 2. The first kappa shape index (κ1) is 25.1. The normalized spacial score (nSPS) is 14.5. The summed E-state index contributed by atoms with van der Waals surface area (Å²) in [7, 11) is 0. The van der Waals surface area contributed by atoms with Crippen molar-refractivity contribution >= 4 is 18.0 Å². The number of hydrogen-bond acceptors (Lipinski definition) is 4. The maximum absolute atomic E-state index is 13.2. The Hall–Kier alpha value is -3.56. The fourth-order valence-electron chi connectivity index (χ4n) is 3.99. The number of rotatable bonds is 9. The van der Waals surface area contributed by atoms with Gasteiger partial charge in [-0.05, 0) is 35.1 Å². The van der Waals surface area contributed by atoms with Crippen molar-refractivity contribution in [3.05, 3.63) is 59.7 Å². The molecular weight excluding hydrogens is 453 g/mol. The monoisotopic (exact) mass is 478 g/mol. The van der Waals surface area contributed by atoms with Crippen molar-refractivity contribution in [2.45, 2.75) is 50.4 Å². The van der Waals surface area contributed by atoms with Crippen LogP contribution >= 0.6 is 0 Å². The minimum Gasteiger partial charge on any atom is -0.481 e. The number of ether oxygens (including phenoxy) is 1. The van der Waals surface area contributed by atoms with Gasteiger partial charge < -0.3 is 20.5 Å². The lowest BCUT2D eigenvalue weighted by molar-refractivity contribution is -0.165. The molecule has 0 bridgehead atoms. The molecule has 2 amide bonds. The van der Waals surface area contributed by atoms with Crippen LogP contribution in [-0.4, -0.2) is 47.9 Å². The van der Waals surface area contributed by atoms with Gasteiger partial charge in [0.2, 0.25) is 5.91 Å². The minimum absolute atomic E-state index is 0.0122. The summed E-state index contributed by atoms with van der Waals surface area (Å²) in [6.07, 6.45) is -7.32. The number of alkyl halides is 3. The third-order valence-electron chi connectivity index (χ3n) is 5.72. The van der Waals surface area contributed by atoms with Crippen molar-refractivity contribution < 1.29 is 37.4 Å². The lowest BCUT2D eigenvalue weighted by atomic mass is 9.98. The molecule has 2 atom stereocenters. The van der Waals surface area contributed by atoms with Gasteiger partial charge in [-0.1, -0.05) is 55.5 Å². The third kappa shape index (κ3) is 5.86. The molecule has 1 aliphatic rings. The van der Waals surface area contributed by atoms with E-state index in [1.807, 2.05) is 48.5 Å². The number of carboxylic acid groups (broad SMARTS) is 1. The molecule has 2 aromatic rings. The van der Waals surface area contributed by atoms with Crippen LogP contribution in [-0.2, 0) is 14.3 Å². The Morgan fingerprint density at radius 2 is 1.56 bits per heavy atom. The molecule has 3 N–H and O–H groups in total. The zero-order chi connectivity index (χ0) is 24.9. The summed E-state index contributed by atoms with van der Waals surface area (Å²) in [5.41, 5.74) is 4.07. The Labute approximate surface area is 194 Å². The summed E-state index contributed by atoms with van der Waals surface area (Å²) < 4.78 is 44.9. The van der Waals surface area contributed by atoms with E-state index >= 15 is 0 Å². The van der Waals surface area contributed by atoms with E-state index in [2.05, 4.69) is 5.32 Å². The summed E-state index contributed by atoms with van der Waals surface area (Å²) in [5.74, 6) is -2.69. The molecule has 0 aromatic heterocycles. The highest BCUT2D eigenvalue weighted by Crippen LogP contribution is 2.44. The summed E-state index contributed by atoms with van der Waals surface area (Å²) in [6.45, 7) is 1.51. The number of hydrogen-bond donors (Lipinski definition) is 3. The van der Waals surface area contributed by atoms with Gasteiger partial charge in [-0.3, -0.25) is 9.59 Å². The van der Waals surface area contributed by atoms with Crippen LogP contribution in [0.25, 0.3) is 11.1 Å². The van der Waals surface area contributed by atoms with E-state index in [4.69, 9.17) is 9.84 Å². The molecule has 34 heavy (non-hydrogen) atoms. The average molecular weight is 478 g/mol. The maximum Gasteiger partial charge on any atom is 0.408 e. The van der Waals surface area contributed by atoms with Crippen molar-refractivity contribution in [3.63, 3.8) is 0 Å². The predicted molar refractivity (Wildman–Crippen MR) is 117 cm³/mol. The summed E-state index contributed by atoms with van der Waals surface area (Å²) in [6, 6.07) is 11.8. The van der Waals surface area contributed by atoms with Gasteiger partial charge in [-0.25, -0.2) is 4.79 Å². The zero-order valence-electron chi connectivity index (χ0n) is 18.4. The van der Waals surface area contributed by atoms with E-state index in [9.17, 15) is 27.6 Å². The van der Waals surface area contributed by atoms with Crippen molar-refractivity contribution in [3.8, 4) is 11.1 Å². The second kappa shape index (κ2) is 10.6. The van der Waals surface area contributed by atoms with Gasteiger partial charge in [0.1, 0.15) is 18.7 Å². The Bertz CT molecular complexity index is 1010. The number of carbonyl (C=O) groups excluding carboxylic acids is 2. The van der Waals surface area contributed by atoms with E-state index < -0.39 is 49.1 Å². The molecule has 3 rings (SSSR count). The highest BCUT2D eigenvalue weighted by Gasteiger charge is 2.41. The number of amides is 2. The molecule has 7 nitrogen and oxygen atoms in total. The average Bonchev–Trinajstić information content (AvgIpc) is 3.11. The van der Waals surface area contributed by atoms with Gasteiger partial charge in [0.15, 0.2) is 0 Å². The smallest absolute Gasteiger partial charge is 0.408 e. The minimum atomic E-state index is -4.83. The van der Waals surface area contributed by atoms with Crippen LogP contribution in [0.2, 0.25) is 0 Å². The van der Waals surface area contributed by atoms with Crippen LogP contribution in [0.15, 0.2) is 48.5 Å². The van der Waals surface area contributed by atoms with Gasteiger partial charge in [0.05, 0.1) is 0 Å². The molecule has 0 saturated carbocycles. The molecule has 0 spiro atoms. The van der Waals surface area contributed by atoms with Gasteiger partial charge in [-0.2, -0.15) is 13.2 Å². The van der Waals surface area contributed by atoms with E-state index in [1.165, 1.54) is 6.92 Å². The largest absolute Gasteiger partial charge is 0.481 e. The first-order valence-electron chi connectivity index (χ1n) is 10.8. The molecule has 0 fully saturated rings. The number of nitrogens with one attached hydrogen (secondary N) is 2. The van der Waals surface area contributed by atoms with Crippen LogP contribution in [0, 0.1) is 0 Å². The molecule has 182 valence electrons. The SMILES string of the molecule is CC[C@@H](NC(=O)OCC1c2ccccc2-c2ccccc21)C(=O)N[C@@H](CCC(=O)O)C(F)(F)F. The lowest BCUT2D eigenvalue weighted by Gasteiger charge is -2.24. The van der Waals surface area contributed by atoms with E-state index in [0.717, 1.165) is 22.3 Å². The van der Waals surface area contributed by atoms with E-state index in [0.29, 0.717) is 0 Å². The highest BCUT2D eigenvalue weighted by molar-refractivity contribution is 5.86. The molecule has 0 heterocycles. The number of fused-ring (bicyclic) bond motifs is 3. The molecule has 0 saturated heterocycles. The second-order valence-electron chi connectivity index (χ2n) is 7.97. The number of carbonyl (C=O) groups is 3. The van der Waals surface area contributed by atoms with Gasteiger partial charge in [-0.15, -0.1) is 0 Å². The summed E-state index contributed by atoms with van der Waals surface area (Å²) in [5, 5.41) is 12.8. The van der Waals surface area contributed by atoms with Crippen molar-refractivity contribution in [2.75, 3.05) is 6.61 Å². The fourth-order valence-corrected chi connectivity index (χ4v) is 3.99. The molecule has 0 radical (unpaired) electrons. The number of aliphatic carboxylic acids is 1. The maximum atomic E-state index is 13.2. The van der Waals surface area contributed by atoms with Gasteiger partial charge in [0, 0.05) is 12.3 Å². The molecule has 10 heteroatoms. The number of carboxylic acids is 1. The van der Waals surface area contributed by atoms with Crippen LogP contribution in [0.1, 0.15) is 43.2 Å². The van der Waals surface area contributed by atoms with Crippen LogP contribution < -0.4 is 10.6 Å². The van der Waals surface area contributed by atoms with Crippen LogP contribution in [0.5, 0.6) is 0 Å². The molecular formula is C24H25F3N2O5.